The molecule has 1 aromatic heterocycles. The first-order valence-electron chi connectivity index (χ1n) is 7.59. The van der Waals surface area contributed by atoms with E-state index in [1.807, 2.05) is 12.5 Å². The van der Waals surface area contributed by atoms with E-state index in [0.717, 1.165) is 25.7 Å². The molecule has 1 heterocycles. The molecule has 1 aliphatic carbocycles. The second-order valence-corrected chi connectivity index (χ2v) is 6.03. The SMILES string of the molecule is CC(C)NCc1cncn1CCN(C)C1CCCC1. The average molecular weight is 264 g/mol. The van der Waals surface area contributed by atoms with Gasteiger partial charge in [0.25, 0.3) is 0 Å². The van der Waals surface area contributed by atoms with Crippen LogP contribution in [0.25, 0.3) is 0 Å². The van der Waals surface area contributed by atoms with Crippen molar-refractivity contribution in [3.05, 3.63) is 18.2 Å². The number of nitrogens with one attached hydrogen (secondary N) is 1. The zero-order chi connectivity index (χ0) is 13.7. The molecule has 4 heteroatoms. The summed E-state index contributed by atoms with van der Waals surface area (Å²) in [5, 5.41) is 3.46. The third kappa shape index (κ3) is 4.32. The number of hydrogen-bond acceptors (Lipinski definition) is 3. The summed E-state index contributed by atoms with van der Waals surface area (Å²) in [6.45, 7) is 7.42. The van der Waals surface area contributed by atoms with Crippen molar-refractivity contribution in [2.45, 2.75) is 64.7 Å². The minimum absolute atomic E-state index is 0.518. The Balaban J connectivity index is 1.80. The number of rotatable bonds is 7. The van der Waals surface area contributed by atoms with Crippen LogP contribution in [0.3, 0.4) is 0 Å². The summed E-state index contributed by atoms with van der Waals surface area (Å²) >= 11 is 0. The van der Waals surface area contributed by atoms with Gasteiger partial charge in [-0.25, -0.2) is 4.98 Å². The van der Waals surface area contributed by atoms with Crippen molar-refractivity contribution < 1.29 is 0 Å². The molecule has 4 nitrogen and oxygen atoms in total. The van der Waals surface area contributed by atoms with Crippen LogP contribution in [0, 0.1) is 0 Å². The predicted octanol–water partition coefficient (Wildman–Crippen LogP) is 2.26. The Hall–Kier alpha value is -0.870. The van der Waals surface area contributed by atoms with Gasteiger partial charge in [-0.3, -0.25) is 0 Å². The van der Waals surface area contributed by atoms with Crippen LogP contribution >= 0.6 is 0 Å². The standard InChI is InChI=1S/C15H28N4/c1-13(2)17-11-15-10-16-12-19(15)9-8-18(3)14-6-4-5-7-14/h10,12-14,17H,4-9,11H2,1-3H3. The second kappa shape index (κ2) is 7.06. The molecule has 108 valence electrons. The van der Waals surface area contributed by atoms with E-state index < -0.39 is 0 Å². The van der Waals surface area contributed by atoms with Crippen molar-refractivity contribution in [3.63, 3.8) is 0 Å². The molecule has 19 heavy (non-hydrogen) atoms. The fourth-order valence-corrected chi connectivity index (χ4v) is 2.80. The normalized spacial score (nSPS) is 16.9. The maximum atomic E-state index is 4.28. The van der Waals surface area contributed by atoms with Gasteiger partial charge >= 0.3 is 0 Å². The number of imidazole rings is 1. The summed E-state index contributed by atoms with van der Waals surface area (Å²) in [5.41, 5.74) is 1.29. The van der Waals surface area contributed by atoms with Gasteiger partial charge < -0.3 is 14.8 Å². The summed E-state index contributed by atoms with van der Waals surface area (Å²) in [4.78, 5) is 6.80. The smallest absolute Gasteiger partial charge is 0.0949 e. The largest absolute Gasteiger partial charge is 0.332 e. The van der Waals surface area contributed by atoms with Crippen LogP contribution in [0.15, 0.2) is 12.5 Å². The molecule has 0 radical (unpaired) electrons. The molecule has 0 aliphatic heterocycles. The van der Waals surface area contributed by atoms with Crippen LogP contribution in [-0.2, 0) is 13.1 Å². The van der Waals surface area contributed by atoms with Gasteiger partial charge in [0.1, 0.15) is 0 Å². The Labute approximate surface area is 117 Å². The number of nitrogens with zero attached hydrogens (tertiary/aromatic N) is 3. The van der Waals surface area contributed by atoms with Gasteiger partial charge in [0.15, 0.2) is 0 Å². The van der Waals surface area contributed by atoms with Gasteiger partial charge in [-0.05, 0) is 19.9 Å². The molecular weight excluding hydrogens is 236 g/mol. The van der Waals surface area contributed by atoms with Gasteiger partial charge in [0.05, 0.1) is 12.0 Å². The van der Waals surface area contributed by atoms with E-state index in [1.165, 1.54) is 31.4 Å². The van der Waals surface area contributed by atoms with Gasteiger partial charge in [-0.1, -0.05) is 26.7 Å². The molecular formula is C15H28N4. The maximum absolute atomic E-state index is 4.28. The van der Waals surface area contributed by atoms with E-state index in [4.69, 9.17) is 0 Å². The third-order valence-electron chi connectivity index (χ3n) is 4.13. The minimum Gasteiger partial charge on any atom is -0.332 e. The van der Waals surface area contributed by atoms with Crippen molar-refractivity contribution in [1.82, 2.24) is 19.8 Å². The van der Waals surface area contributed by atoms with Crippen LogP contribution in [0.4, 0.5) is 0 Å². The third-order valence-corrected chi connectivity index (χ3v) is 4.13. The first-order chi connectivity index (χ1) is 9.16. The summed E-state index contributed by atoms with van der Waals surface area (Å²) < 4.78 is 2.28. The summed E-state index contributed by atoms with van der Waals surface area (Å²) in [7, 11) is 2.26. The van der Waals surface area contributed by atoms with Crippen LogP contribution in [0.1, 0.15) is 45.2 Å². The van der Waals surface area contributed by atoms with Gasteiger partial charge in [-0.2, -0.15) is 0 Å². The minimum atomic E-state index is 0.518. The fourth-order valence-electron chi connectivity index (χ4n) is 2.80. The molecule has 0 bridgehead atoms. The molecule has 0 aromatic carbocycles. The monoisotopic (exact) mass is 264 g/mol. The molecule has 1 fully saturated rings. The highest BCUT2D eigenvalue weighted by Gasteiger charge is 2.19. The Morgan fingerprint density at radius 3 is 2.84 bits per heavy atom. The van der Waals surface area contributed by atoms with E-state index in [-0.39, 0.29) is 0 Å². The lowest BCUT2D eigenvalue weighted by Gasteiger charge is -2.24. The molecule has 1 saturated carbocycles. The molecule has 0 spiro atoms. The Kier molecular flexibility index (Phi) is 5.40. The molecule has 1 N–H and O–H groups in total. The first kappa shape index (κ1) is 14.5. The lowest BCUT2D eigenvalue weighted by molar-refractivity contribution is 0.235. The maximum Gasteiger partial charge on any atom is 0.0949 e. The van der Waals surface area contributed by atoms with Crippen molar-refractivity contribution in [2.24, 2.45) is 0 Å². The molecule has 0 unspecified atom stereocenters. The van der Waals surface area contributed by atoms with Crippen molar-refractivity contribution in [3.8, 4) is 0 Å². The highest BCUT2D eigenvalue weighted by Crippen LogP contribution is 2.22. The molecule has 0 saturated heterocycles. The Morgan fingerprint density at radius 2 is 2.16 bits per heavy atom. The van der Waals surface area contributed by atoms with Crippen molar-refractivity contribution >= 4 is 0 Å². The van der Waals surface area contributed by atoms with E-state index >= 15 is 0 Å². The zero-order valence-electron chi connectivity index (χ0n) is 12.6. The zero-order valence-corrected chi connectivity index (χ0v) is 12.6. The van der Waals surface area contributed by atoms with Crippen molar-refractivity contribution in [2.75, 3.05) is 13.6 Å². The molecule has 1 aliphatic rings. The molecule has 1 aromatic rings. The Morgan fingerprint density at radius 1 is 1.42 bits per heavy atom. The van der Waals surface area contributed by atoms with Crippen molar-refractivity contribution in [1.29, 1.82) is 0 Å². The predicted molar refractivity (Wildman–Crippen MR) is 79.1 cm³/mol. The van der Waals surface area contributed by atoms with E-state index in [0.29, 0.717) is 6.04 Å². The summed E-state index contributed by atoms with van der Waals surface area (Å²) in [5.74, 6) is 0. The fraction of sp³-hybridized carbons (Fsp3) is 0.800. The number of aromatic nitrogens is 2. The van der Waals surface area contributed by atoms with Crippen LogP contribution < -0.4 is 5.32 Å². The highest BCUT2D eigenvalue weighted by atomic mass is 15.2. The first-order valence-corrected chi connectivity index (χ1v) is 7.59. The Bertz CT molecular complexity index is 366. The second-order valence-electron chi connectivity index (χ2n) is 6.03. The average Bonchev–Trinajstić information content (AvgIpc) is 3.04. The molecule has 0 atom stereocenters. The quantitative estimate of drug-likeness (QED) is 0.820. The number of hydrogen-bond donors (Lipinski definition) is 1. The summed E-state index contributed by atoms with van der Waals surface area (Å²) in [6.07, 6.45) is 9.50. The van der Waals surface area contributed by atoms with E-state index in [2.05, 4.69) is 40.7 Å². The van der Waals surface area contributed by atoms with E-state index in [1.54, 1.807) is 0 Å². The van der Waals surface area contributed by atoms with Gasteiger partial charge in [-0.15, -0.1) is 0 Å². The molecule has 2 rings (SSSR count). The van der Waals surface area contributed by atoms with Crippen LogP contribution in [0.5, 0.6) is 0 Å². The molecule has 0 amide bonds. The lowest BCUT2D eigenvalue weighted by atomic mass is 10.2. The lowest BCUT2D eigenvalue weighted by Crippen LogP contribution is -2.32. The van der Waals surface area contributed by atoms with Gasteiger partial charge in [0.2, 0.25) is 0 Å². The van der Waals surface area contributed by atoms with Crippen LogP contribution in [0.2, 0.25) is 0 Å². The van der Waals surface area contributed by atoms with E-state index in [9.17, 15) is 0 Å². The van der Waals surface area contributed by atoms with Crippen LogP contribution in [-0.4, -0.2) is 40.1 Å². The summed E-state index contributed by atoms with van der Waals surface area (Å²) in [6, 6.07) is 1.32. The number of likely N-dealkylation sites (N-methyl/N-ethyl adjacent to an activating group) is 1. The van der Waals surface area contributed by atoms with Gasteiger partial charge in [0, 0.05) is 37.9 Å². The highest BCUT2D eigenvalue weighted by molar-refractivity contribution is 4.98. The topological polar surface area (TPSA) is 33.1 Å².